The molecule has 1 aliphatic heterocycles. The van der Waals surface area contributed by atoms with Crippen LogP contribution in [0.4, 0.5) is 17.1 Å². The molecule has 2 aromatic carbocycles. The van der Waals surface area contributed by atoms with Crippen LogP contribution in [0.1, 0.15) is 18.6 Å². The summed E-state index contributed by atoms with van der Waals surface area (Å²) in [4.78, 5) is 31.1. The molecule has 2 aromatic rings. The number of para-hydroxylation sites is 1. The third-order valence-electron chi connectivity index (χ3n) is 6.74. The second-order valence-electron chi connectivity index (χ2n) is 9.13. The van der Waals surface area contributed by atoms with E-state index in [9.17, 15) is 35.1 Å². The minimum Gasteiger partial charge on any atom is -0.394 e. The Balaban J connectivity index is 1.93. The Morgan fingerprint density at radius 3 is 2.22 bits per heavy atom. The largest absolute Gasteiger partial charge is 0.394 e. The lowest BCUT2D eigenvalue weighted by Gasteiger charge is -2.39. The van der Waals surface area contributed by atoms with Gasteiger partial charge in [0.2, 0.25) is 11.8 Å². The van der Waals surface area contributed by atoms with Crippen molar-refractivity contribution in [3.05, 3.63) is 54.1 Å². The van der Waals surface area contributed by atoms with E-state index in [0.29, 0.717) is 22.6 Å². The molecule has 1 heterocycles. The van der Waals surface area contributed by atoms with E-state index in [1.54, 1.807) is 56.4 Å². The molecule has 3 rings (SSSR count). The molecule has 37 heavy (non-hydrogen) atoms. The summed E-state index contributed by atoms with van der Waals surface area (Å²) in [7, 11) is 3.09. The topological polar surface area (TPSA) is 165 Å². The number of benzene rings is 2. The highest BCUT2D eigenvalue weighted by molar-refractivity contribution is 6.15. The molecular formula is C26H35N3O8. The number of amides is 2. The smallest absolute Gasteiger partial charge is 0.242 e. The Morgan fingerprint density at radius 2 is 1.62 bits per heavy atom. The van der Waals surface area contributed by atoms with E-state index in [1.165, 1.54) is 21.7 Å². The first-order valence-corrected chi connectivity index (χ1v) is 12.0. The van der Waals surface area contributed by atoms with E-state index in [1.807, 2.05) is 6.07 Å². The lowest BCUT2D eigenvalue weighted by atomic mass is 9.86. The standard InChI is InChI=1S/C26H35N3O8/c1-4-29(15-9-6-5-7-10-15)26(37)21-24(35)20-16(11-8-12-17(20)28(3)25(21)36)27(2)13-18(31)22(33)23(34)19(32)14-30/h5-12,18-19,21-24,30-35H,4,13-14H2,1-3H3/t18-,19+,21?,22+,23+,24?/m0/s1. The Hall–Kier alpha value is -3.06. The molecule has 11 nitrogen and oxygen atoms in total. The van der Waals surface area contributed by atoms with Crippen LogP contribution in [0.5, 0.6) is 0 Å². The third-order valence-corrected chi connectivity index (χ3v) is 6.74. The fourth-order valence-electron chi connectivity index (χ4n) is 4.63. The Morgan fingerprint density at radius 1 is 1.00 bits per heavy atom. The first kappa shape index (κ1) is 28.5. The number of fused-ring (bicyclic) bond motifs is 1. The van der Waals surface area contributed by atoms with Gasteiger partial charge < -0.3 is 45.3 Å². The predicted molar refractivity (Wildman–Crippen MR) is 137 cm³/mol. The van der Waals surface area contributed by atoms with Crippen molar-refractivity contribution in [3.63, 3.8) is 0 Å². The van der Waals surface area contributed by atoms with Crippen molar-refractivity contribution in [2.75, 3.05) is 48.5 Å². The van der Waals surface area contributed by atoms with Gasteiger partial charge in [0.25, 0.3) is 0 Å². The predicted octanol–water partition coefficient (Wildman–Crippen LogP) is -0.762. The maximum atomic E-state index is 13.6. The average Bonchev–Trinajstić information content (AvgIpc) is 2.91. The van der Waals surface area contributed by atoms with Crippen LogP contribution in [0.3, 0.4) is 0 Å². The van der Waals surface area contributed by atoms with Crippen LogP contribution in [0.15, 0.2) is 48.5 Å². The summed E-state index contributed by atoms with van der Waals surface area (Å²) in [6, 6.07) is 13.8. The van der Waals surface area contributed by atoms with E-state index < -0.39 is 54.9 Å². The summed E-state index contributed by atoms with van der Waals surface area (Å²) in [5.41, 5.74) is 1.68. The fraction of sp³-hybridized carbons (Fsp3) is 0.462. The molecule has 0 saturated heterocycles. The van der Waals surface area contributed by atoms with Gasteiger partial charge in [0.15, 0.2) is 0 Å². The molecule has 0 bridgehead atoms. The first-order chi connectivity index (χ1) is 17.5. The first-order valence-electron chi connectivity index (χ1n) is 12.0. The van der Waals surface area contributed by atoms with Crippen molar-refractivity contribution >= 4 is 28.9 Å². The number of carbonyl (C=O) groups is 2. The molecule has 6 atom stereocenters. The monoisotopic (exact) mass is 517 g/mol. The van der Waals surface area contributed by atoms with Crippen molar-refractivity contribution < 1.29 is 40.2 Å². The lowest BCUT2D eigenvalue weighted by molar-refractivity contribution is -0.137. The summed E-state index contributed by atoms with van der Waals surface area (Å²) < 4.78 is 0. The summed E-state index contributed by atoms with van der Waals surface area (Å²) in [5.74, 6) is -2.53. The number of rotatable bonds is 10. The van der Waals surface area contributed by atoms with Crippen molar-refractivity contribution in [3.8, 4) is 0 Å². The Labute approximate surface area is 215 Å². The van der Waals surface area contributed by atoms with Gasteiger partial charge in [-0.3, -0.25) is 9.59 Å². The van der Waals surface area contributed by atoms with Crippen molar-refractivity contribution in [2.45, 2.75) is 37.4 Å². The summed E-state index contributed by atoms with van der Waals surface area (Å²) in [5, 5.41) is 60.6. The van der Waals surface area contributed by atoms with Crippen LogP contribution < -0.4 is 14.7 Å². The van der Waals surface area contributed by atoms with Gasteiger partial charge in [-0.05, 0) is 31.2 Å². The molecule has 2 unspecified atom stereocenters. The summed E-state index contributed by atoms with van der Waals surface area (Å²) in [6.45, 7) is 1.02. The number of hydrogen-bond donors (Lipinski definition) is 6. The molecule has 0 saturated carbocycles. The van der Waals surface area contributed by atoms with Crippen molar-refractivity contribution in [2.24, 2.45) is 5.92 Å². The molecule has 0 aromatic heterocycles. The van der Waals surface area contributed by atoms with E-state index in [-0.39, 0.29) is 13.1 Å². The molecule has 2 amide bonds. The van der Waals surface area contributed by atoms with E-state index in [4.69, 9.17) is 5.11 Å². The number of hydrogen-bond acceptors (Lipinski definition) is 9. The average molecular weight is 518 g/mol. The lowest BCUT2D eigenvalue weighted by Crippen LogP contribution is -2.51. The molecule has 0 radical (unpaired) electrons. The number of likely N-dealkylation sites (N-methyl/N-ethyl adjacent to an activating group) is 1. The number of carbonyl (C=O) groups excluding carboxylic acids is 2. The maximum Gasteiger partial charge on any atom is 0.242 e. The van der Waals surface area contributed by atoms with Gasteiger partial charge >= 0.3 is 0 Å². The van der Waals surface area contributed by atoms with E-state index in [2.05, 4.69) is 0 Å². The summed E-state index contributed by atoms with van der Waals surface area (Å²) >= 11 is 0. The molecule has 202 valence electrons. The van der Waals surface area contributed by atoms with E-state index in [0.717, 1.165) is 0 Å². The number of aliphatic hydroxyl groups excluding tert-OH is 6. The van der Waals surface area contributed by atoms with Crippen LogP contribution in [0.25, 0.3) is 0 Å². The highest BCUT2D eigenvalue weighted by Gasteiger charge is 2.46. The Bertz CT molecular complexity index is 1080. The second-order valence-corrected chi connectivity index (χ2v) is 9.13. The molecule has 6 N–H and O–H groups in total. The van der Waals surface area contributed by atoms with Crippen LogP contribution in [0, 0.1) is 5.92 Å². The third kappa shape index (κ3) is 5.61. The Kier molecular flexibility index (Phi) is 9.24. The molecule has 0 spiro atoms. The van der Waals surface area contributed by atoms with Crippen molar-refractivity contribution in [1.29, 1.82) is 0 Å². The zero-order chi connectivity index (χ0) is 27.4. The normalized spacial score (nSPS) is 20.6. The van der Waals surface area contributed by atoms with Gasteiger partial charge in [-0.2, -0.15) is 0 Å². The summed E-state index contributed by atoms with van der Waals surface area (Å²) in [6.07, 6.45) is -8.22. The zero-order valence-electron chi connectivity index (χ0n) is 21.0. The molecule has 1 aliphatic rings. The molecule has 0 aliphatic carbocycles. The van der Waals surface area contributed by atoms with Gasteiger partial charge in [0.1, 0.15) is 30.3 Å². The number of anilines is 3. The van der Waals surface area contributed by atoms with Crippen molar-refractivity contribution in [1.82, 2.24) is 0 Å². The SMILES string of the molecule is CCN(C(=O)C1C(=O)N(C)c2cccc(N(C)C[C@H](O)[C@@H](O)[C@H](O)[C@H](O)CO)c2C1O)c1ccccc1. The van der Waals surface area contributed by atoms with Gasteiger partial charge in [-0.15, -0.1) is 0 Å². The highest BCUT2D eigenvalue weighted by atomic mass is 16.4. The maximum absolute atomic E-state index is 13.6. The van der Waals surface area contributed by atoms with Crippen LogP contribution >= 0.6 is 0 Å². The minimum atomic E-state index is -1.78. The van der Waals surface area contributed by atoms with Crippen LogP contribution in [-0.4, -0.2) is 101 Å². The minimum absolute atomic E-state index is 0.235. The van der Waals surface area contributed by atoms with Gasteiger partial charge in [-0.25, -0.2) is 0 Å². The van der Waals surface area contributed by atoms with Gasteiger partial charge in [0, 0.05) is 44.1 Å². The van der Waals surface area contributed by atoms with Crippen LogP contribution in [-0.2, 0) is 9.59 Å². The quantitative estimate of drug-likeness (QED) is 0.222. The fourth-order valence-corrected chi connectivity index (χ4v) is 4.63. The van der Waals surface area contributed by atoms with Gasteiger partial charge in [-0.1, -0.05) is 24.3 Å². The van der Waals surface area contributed by atoms with Gasteiger partial charge in [0.05, 0.1) is 18.4 Å². The molecule has 0 fully saturated rings. The zero-order valence-corrected chi connectivity index (χ0v) is 21.0. The number of nitrogens with zero attached hydrogens (tertiary/aromatic N) is 3. The molecule has 11 heteroatoms. The van der Waals surface area contributed by atoms with Crippen LogP contribution in [0.2, 0.25) is 0 Å². The second kappa shape index (κ2) is 12.0. The number of aliphatic hydroxyl groups is 6. The molecular weight excluding hydrogens is 482 g/mol. The van der Waals surface area contributed by atoms with E-state index >= 15 is 0 Å². The highest BCUT2D eigenvalue weighted by Crippen LogP contribution is 2.43.